The van der Waals surface area contributed by atoms with Gasteiger partial charge >= 0.3 is 0 Å². The van der Waals surface area contributed by atoms with Gasteiger partial charge < -0.3 is 10.6 Å². The normalized spacial score (nSPS) is 26.5. The van der Waals surface area contributed by atoms with E-state index in [1.807, 2.05) is 18.2 Å². The number of amides is 1. The molecule has 2 aliphatic heterocycles. The molecule has 4 nitrogen and oxygen atoms in total. The zero-order chi connectivity index (χ0) is 19.3. The minimum atomic E-state index is -0.121. The summed E-state index contributed by atoms with van der Waals surface area (Å²) >= 11 is 0. The second-order valence-corrected chi connectivity index (χ2v) is 8.41. The zero-order valence-corrected chi connectivity index (χ0v) is 16.5. The Morgan fingerprint density at radius 3 is 2.82 bits per heavy atom. The van der Waals surface area contributed by atoms with Crippen molar-refractivity contribution in [2.45, 2.75) is 31.3 Å². The fraction of sp³-hybridized carbons (Fsp3) is 0.375. The van der Waals surface area contributed by atoms with Crippen LogP contribution in [0.4, 0.5) is 5.69 Å². The van der Waals surface area contributed by atoms with Crippen LogP contribution >= 0.6 is 0 Å². The molecule has 3 aliphatic rings. The lowest BCUT2D eigenvalue weighted by atomic mass is 9.74. The molecule has 4 atom stereocenters. The molecule has 2 aromatic carbocycles. The fourth-order valence-electron chi connectivity index (χ4n) is 5.15. The van der Waals surface area contributed by atoms with Gasteiger partial charge in [-0.05, 0) is 48.7 Å². The number of hydrogen-bond donors (Lipinski definition) is 2. The van der Waals surface area contributed by atoms with Crippen molar-refractivity contribution >= 4 is 17.2 Å². The van der Waals surface area contributed by atoms with E-state index >= 15 is 0 Å². The number of hydrogen-bond acceptors (Lipinski definition) is 3. The van der Waals surface area contributed by atoms with Gasteiger partial charge in [0.25, 0.3) is 0 Å². The van der Waals surface area contributed by atoms with Gasteiger partial charge in [0.15, 0.2) is 0 Å². The van der Waals surface area contributed by atoms with E-state index in [2.05, 4.69) is 65.9 Å². The highest BCUT2D eigenvalue weighted by atomic mass is 16.2. The molecule has 0 spiro atoms. The van der Waals surface area contributed by atoms with E-state index in [4.69, 9.17) is 0 Å². The fourth-order valence-corrected chi connectivity index (χ4v) is 5.15. The van der Waals surface area contributed by atoms with Gasteiger partial charge in [0.1, 0.15) is 0 Å². The van der Waals surface area contributed by atoms with E-state index in [1.54, 1.807) is 0 Å². The van der Waals surface area contributed by atoms with Crippen LogP contribution in [0.2, 0.25) is 0 Å². The molecular weight excluding hydrogens is 346 g/mol. The topological polar surface area (TPSA) is 44.4 Å². The first-order valence-corrected chi connectivity index (χ1v) is 10.3. The lowest BCUT2D eigenvalue weighted by Gasteiger charge is -2.42. The second-order valence-electron chi connectivity index (χ2n) is 8.41. The van der Waals surface area contributed by atoms with Crippen molar-refractivity contribution in [3.8, 4) is 0 Å². The molecule has 2 N–H and O–H groups in total. The standard InChI is InChI=1S/C24H27N3O/c1-15(16-7-4-3-5-8-16)26-24(28)18-11-20-19-9-6-10-21-23(19)17(13-25-21)12-22(20)27(2)14-18/h3-11,15,17-18,22,25H,12-14H2,1-2H3,(H,26,28)/t15?,17-,18-,22-/m1/s1. The van der Waals surface area contributed by atoms with Crippen LogP contribution in [0.15, 0.2) is 54.6 Å². The number of nitrogens with one attached hydrogen (secondary N) is 2. The number of nitrogens with zero attached hydrogens (tertiary/aromatic N) is 1. The van der Waals surface area contributed by atoms with E-state index in [9.17, 15) is 4.79 Å². The minimum Gasteiger partial charge on any atom is -0.384 e. The maximum absolute atomic E-state index is 13.1. The molecule has 1 aliphatic carbocycles. The molecule has 2 heterocycles. The average Bonchev–Trinajstić information content (AvgIpc) is 3.13. The summed E-state index contributed by atoms with van der Waals surface area (Å²) in [5, 5.41) is 6.78. The monoisotopic (exact) mass is 373 g/mol. The highest BCUT2D eigenvalue weighted by Gasteiger charge is 2.40. The number of benzene rings is 2. The molecule has 0 radical (unpaired) electrons. The third-order valence-corrected chi connectivity index (χ3v) is 6.62. The number of fused-ring (bicyclic) bond motifs is 2. The molecule has 28 heavy (non-hydrogen) atoms. The number of anilines is 1. The Hall–Kier alpha value is -2.59. The summed E-state index contributed by atoms with van der Waals surface area (Å²) in [7, 11) is 2.16. The first-order valence-electron chi connectivity index (χ1n) is 10.3. The quantitative estimate of drug-likeness (QED) is 0.860. The Labute approximate surface area is 166 Å². The van der Waals surface area contributed by atoms with Crippen molar-refractivity contribution in [1.82, 2.24) is 10.2 Å². The van der Waals surface area contributed by atoms with Gasteiger partial charge in [-0.2, -0.15) is 0 Å². The maximum Gasteiger partial charge on any atom is 0.228 e. The van der Waals surface area contributed by atoms with Crippen LogP contribution in [-0.2, 0) is 4.79 Å². The van der Waals surface area contributed by atoms with Crippen LogP contribution in [0.1, 0.15) is 42.0 Å². The van der Waals surface area contributed by atoms with Gasteiger partial charge in [0.2, 0.25) is 5.91 Å². The molecule has 1 amide bonds. The Balaban J connectivity index is 1.43. The van der Waals surface area contributed by atoms with Crippen LogP contribution in [0.5, 0.6) is 0 Å². The molecule has 0 fully saturated rings. The van der Waals surface area contributed by atoms with E-state index in [1.165, 1.54) is 22.4 Å². The van der Waals surface area contributed by atoms with Gasteiger partial charge in [0, 0.05) is 30.7 Å². The van der Waals surface area contributed by atoms with Crippen molar-refractivity contribution in [1.29, 1.82) is 0 Å². The summed E-state index contributed by atoms with van der Waals surface area (Å²) < 4.78 is 0. The summed E-state index contributed by atoms with van der Waals surface area (Å²) in [6, 6.07) is 17.1. The molecule has 144 valence electrons. The summed E-state index contributed by atoms with van der Waals surface area (Å²) in [6.45, 7) is 3.86. The lowest BCUT2D eigenvalue weighted by molar-refractivity contribution is -0.125. The smallest absolute Gasteiger partial charge is 0.228 e. The minimum absolute atomic E-state index is 0.0102. The highest BCUT2D eigenvalue weighted by molar-refractivity contribution is 5.87. The van der Waals surface area contributed by atoms with Crippen molar-refractivity contribution < 1.29 is 4.79 Å². The molecule has 5 rings (SSSR count). The molecular formula is C24H27N3O. The average molecular weight is 374 g/mol. The van der Waals surface area contributed by atoms with Gasteiger partial charge in [-0.15, -0.1) is 0 Å². The Morgan fingerprint density at radius 2 is 2.00 bits per heavy atom. The van der Waals surface area contributed by atoms with Gasteiger partial charge in [-0.1, -0.05) is 48.5 Å². The Kier molecular flexibility index (Phi) is 4.24. The van der Waals surface area contributed by atoms with Crippen LogP contribution in [0.25, 0.3) is 5.57 Å². The maximum atomic E-state index is 13.1. The van der Waals surface area contributed by atoms with E-state index in [-0.39, 0.29) is 17.9 Å². The zero-order valence-electron chi connectivity index (χ0n) is 16.5. The van der Waals surface area contributed by atoms with Crippen LogP contribution in [0, 0.1) is 5.92 Å². The van der Waals surface area contributed by atoms with E-state index in [0.717, 1.165) is 25.1 Å². The van der Waals surface area contributed by atoms with Gasteiger partial charge in [0.05, 0.1) is 12.0 Å². The Morgan fingerprint density at radius 1 is 1.18 bits per heavy atom. The Bertz CT molecular complexity index is 936. The summed E-state index contributed by atoms with van der Waals surface area (Å²) in [5.41, 5.74) is 6.53. The summed E-state index contributed by atoms with van der Waals surface area (Å²) in [6.07, 6.45) is 3.37. The molecule has 0 saturated heterocycles. The number of carbonyl (C=O) groups excluding carboxylic acids is 1. The summed E-state index contributed by atoms with van der Waals surface area (Å²) in [4.78, 5) is 15.4. The van der Waals surface area contributed by atoms with Crippen molar-refractivity contribution in [2.75, 3.05) is 25.5 Å². The SMILES string of the molecule is CC(NC(=O)[C@@H]1C=C2c3cccc4c3[C@@H](CN4)C[C@H]2N(C)C1)c1ccccc1. The first kappa shape index (κ1) is 17.5. The molecule has 2 aromatic rings. The van der Waals surface area contributed by atoms with E-state index in [0.29, 0.717) is 12.0 Å². The molecule has 0 bridgehead atoms. The molecule has 0 saturated carbocycles. The lowest BCUT2D eigenvalue weighted by Crippen LogP contribution is -2.47. The van der Waals surface area contributed by atoms with Crippen LogP contribution < -0.4 is 10.6 Å². The van der Waals surface area contributed by atoms with Crippen LogP contribution in [0.3, 0.4) is 0 Å². The van der Waals surface area contributed by atoms with Crippen LogP contribution in [-0.4, -0.2) is 37.0 Å². The van der Waals surface area contributed by atoms with E-state index < -0.39 is 0 Å². The second kappa shape index (κ2) is 6.78. The number of likely N-dealkylation sites (N-methyl/N-ethyl adjacent to an activating group) is 1. The predicted molar refractivity (Wildman–Crippen MR) is 113 cm³/mol. The predicted octanol–water partition coefficient (Wildman–Crippen LogP) is 3.79. The largest absolute Gasteiger partial charge is 0.384 e. The number of rotatable bonds is 3. The number of carbonyl (C=O) groups is 1. The molecule has 1 unspecified atom stereocenters. The van der Waals surface area contributed by atoms with Gasteiger partial charge in [-0.25, -0.2) is 0 Å². The third kappa shape index (κ3) is 2.83. The van der Waals surface area contributed by atoms with Gasteiger partial charge in [-0.3, -0.25) is 9.69 Å². The summed E-state index contributed by atoms with van der Waals surface area (Å²) in [5.74, 6) is 0.574. The van der Waals surface area contributed by atoms with Crippen molar-refractivity contribution in [2.24, 2.45) is 5.92 Å². The first-order chi connectivity index (χ1) is 13.6. The highest BCUT2D eigenvalue weighted by Crippen LogP contribution is 2.48. The van der Waals surface area contributed by atoms with Crippen molar-refractivity contribution in [3.05, 3.63) is 71.3 Å². The molecule has 0 aromatic heterocycles. The van der Waals surface area contributed by atoms with Crippen molar-refractivity contribution in [3.63, 3.8) is 0 Å². The third-order valence-electron chi connectivity index (χ3n) is 6.62. The molecule has 4 heteroatoms.